The lowest BCUT2D eigenvalue weighted by Gasteiger charge is -2.26. The second-order valence-electron chi connectivity index (χ2n) is 7.18. The first-order valence-corrected chi connectivity index (χ1v) is 9.79. The van der Waals surface area contributed by atoms with Crippen LogP contribution in [0.5, 0.6) is 0 Å². The minimum absolute atomic E-state index is 0.0568. The van der Waals surface area contributed by atoms with Gasteiger partial charge in [-0.3, -0.25) is 9.59 Å². The van der Waals surface area contributed by atoms with Crippen LogP contribution < -0.4 is 10.2 Å². The number of hydrogen-bond acceptors (Lipinski definition) is 5. The second-order valence-corrected chi connectivity index (χ2v) is 7.18. The molecule has 2 aliphatic rings. The molecule has 1 N–H and O–H groups in total. The van der Waals surface area contributed by atoms with Gasteiger partial charge in [-0.25, -0.2) is 9.97 Å². The van der Waals surface area contributed by atoms with E-state index in [0.717, 1.165) is 49.2 Å². The number of nitrogens with zero attached hydrogens (tertiary/aromatic N) is 4. The van der Waals surface area contributed by atoms with Gasteiger partial charge in [0.05, 0.1) is 11.0 Å². The topological polar surface area (TPSA) is 78.4 Å². The Labute approximate surface area is 158 Å². The van der Waals surface area contributed by atoms with E-state index in [-0.39, 0.29) is 11.8 Å². The maximum absolute atomic E-state index is 13.0. The summed E-state index contributed by atoms with van der Waals surface area (Å²) in [7, 11) is 0. The van der Waals surface area contributed by atoms with Gasteiger partial charge in [-0.2, -0.15) is 0 Å². The van der Waals surface area contributed by atoms with Crippen molar-refractivity contribution in [1.29, 1.82) is 0 Å². The van der Waals surface area contributed by atoms with Crippen LogP contribution in [0.3, 0.4) is 0 Å². The second kappa shape index (κ2) is 7.50. The third kappa shape index (κ3) is 3.46. The highest BCUT2D eigenvalue weighted by atomic mass is 16.2. The zero-order valence-corrected chi connectivity index (χ0v) is 15.6. The highest BCUT2D eigenvalue weighted by Crippen LogP contribution is 2.28. The minimum Gasteiger partial charge on any atom is -0.354 e. The zero-order chi connectivity index (χ0) is 18.8. The largest absolute Gasteiger partial charge is 0.354 e. The van der Waals surface area contributed by atoms with Crippen molar-refractivity contribution < 1.29 is 9.59 Å². The summed E-state index contributed by atoms with van der Waals surface area (Å²) < 4.78 is 0. The Balaban J connectivity index is 1.66. The van der Waals surface area contributed by atoms with Crippen molar-refractivity contribution in [2.45, 2.75) is 45.1 Å². The van der Waals surface area contributed by atoms with Gasteiger partial charge >= 0.3 is 0 Å². The predicted molar refractivity (Wildman–Crippen MR) is 105 cm³/mol. The van der Waals surface area contributed by atoms with Crippen LogP contribution in [0.1, 0.15) is 39.0 Å². The molecule has 1 unspecified atom stereocenters. The Morgan fingerprint density at radius 3 is 2.44 bits per heavy atom. The average Bonchev–Trinajstić information content (AvgIpc) is 3.34. The quantitative estimate of drug-likeness (QED) is 0.879. The Morgan fingerprint density at radius 2 is 1.81 bits per heavy atom. The summed E-state index contributed by atoms with van der Waals surface area (Å²) in [6.07, 6.45) is 4.15. The van der Waals surface area contributed by atoms with Crippen molar-refractivity contribution in [3.8, 4) is 0 Å². The Bertz CT molecular complexity index is 863. The molecule has 0 bridgehead atoms. The third-order valence-corrected chi connectivity index (χ3v) is 5.37. The third-order valence-electron chi connectivity index (χ3n) is 5.37. The van der Waals surface area contributed by atoms with Crippen molar-refractivity contribution in [1.82, 2.24) is 14.9 Å². The average molecular weight is 367 g/mol. The van der Waals surface area contributed by atoms with Gasteiger partial charge in [0.25, 0.3) is 0 Å². The molecule has 1 aromatic heterocycles. The minimum atomic E-state index is -0.459. The van der Waals surface area contributed by atoms with Gasteiger partial charge in [0, 0.05) is 26.1 Å². The SMILES string of the molecule is CCC(C(=O)Nc1nc2ccccc2nc1N1CCCC1)N1CCCC1=O. The maximum Gasteiger partial charge on any atom is 0.248 e. The molecule has 142 valence electrons. The van der Waals surface area contributed by atoms with Crippen molar-refractivity contribution in [2.24, 2.45) is 0 Å². The molecule has 2 fully saturated rings. The van der Waals surface area contributed by atoms with Crippen LogP contribution in [0, 0.1) is 0 Å². The highest BCUT2D eigenvalue weighted by molar-refractivity contribution is 5.99. The smallest absolute Gasteiger partial charge is 0.248 e. The summed E-state index contributed by atoms with van der Waals surface area (Å²) in [5, 5.41) is 2.98. The van der Waals surface area contributed by atoms with E-state index in [1.165, 1.54) is 0 Å². The molecule has 1 atom stereocenters. The van der Waals surface area contributed by atoms with E-state index in [0.29, 0.717) is 25.2 Å². The van der Waals surface area contributed by atoms with Gasteiger partial charge in [0.1, 0.15) is 6.04 Å². The molecular formula is C20H25N5O2. The Hall–Kier alpha value is -2.70. The normalized spacial score (nSPS) is 18.3. The molecule has 0 saturated carbocycles. The molecule has 3 heterocycles. The van der Waals surface area contributed by atoms with E-state index in [2.05, 4.69) is 15.2 Å². The van der Waals surface area contributed by atoms with Gasteiger partial charge in [0.2, 0.25) is 11.8 Å². The number of carbonyl (C=O) groups is 2. The predicted octanol–water partition coefficient (Wildman–Crippen LogP) is 2.57. The Morgan fingerprint density at radius 1 is 1.11 bits per heavy atom. The first-order valence-electron chi connectivity index (χ1n) is 9.79. The number of fused-ring (bicyclic) bond motifs is 1. The fourth-order valence-electron chi connectivity index (χ4n) is 3.97. The number of amides is 2. The van der Waals surface area contributed by atoms with Crippen LogP contribution >= 0.6 is 0 Å². The molecule has 27 heavy (non-hydrogen) atoms. The number of likely N-dealkylation sites (tertiary alicyclic amines) is 1. The van der Waals surface area contributed by atoms with Crippen LogP contribution in [0.2, 0.25) is 0 Å². The van der Waals surface area contributed by atoms with Gasteiger partial charge in [0.15, 0.2) is 11.6 Å². The summed E-state index contributed by atoms with van der Waals surface area (Å²) in [6.45, 7) is 4.41. The fourth-order valence-corrected chi connectivity index (χ4v) is 3.97. The van der Waals surface area contributed by atoms with Gasteiger partial charge in [-0.1, -0.05) is 19.1 Å². The number of aromatic nitrogens is 2. The molecule has 0 spiro atoms. The number of para-hydroxylation sites is 2. The summed E-state index contributed by atoms with van der Waals surface area (Å²) in [4.78, 5) is 38.4. The molecule has 0 radical (unpaired) electrons. The molecule has 0 aliphatic carbocycles. The molecule has 7 heteroatoms. The monoisotopic (exact) mass is 367 g/mol. The van der Waals surface area contributed by atoms with Crippen molar-refractivity contribution in [2.75, 3.05) is 29.9 Å². The first kappa shape index (κ1) is 17.7. The van der Waals surface area contributed by atoms with E-state index >= 15 is 0 Å². The zero-order valence-electron chi connectivity index (χ0n) is 15.6. The van der Waals surface area contributed by atoms with Crippen LogP contribution in [0.15, 0.2) is 24.3 Å². The van der Waals surface area contributed by atoms with E-state index in [1.54, 1.807) is 4.90 Å². The molecule has 2 aromatic rings. The lowest BCUT2D eigenvalue weighted by atomic mass is 10.2. The van der Waals surface area contributed by atoms with Crippen LogP contribution in [0.4, 0.5) is 11.6 Å². The standard InChI is InChI=1S/C20H25N5O2/c1-2-16(25-13-7-10-17(25)26)20(27)23-18-19(24-11-5-6-12-24)22-15-9-4-3-8-14(15)21-18/h3-4,8-9,16H,2,5-7,10-13H2,1H3,(H,21,23,27). The Kier molecular flexibility index (Phi) is 4.92. The van der Waals surface area contributed by atoms with Crippen molar-refractivity contribution in [3.63, 3.8) is 0 Å². The summed E-state index contributed by atoms with van der Waals surface area (Å²) in [6, 6.07) is 7.23. The lowest BCUT2D eigenvalue weighted by Crippen LogP contribution is -2.44. The fraction of sp³-hybridized carbons (Fsp3) is 0.500. The molecule has 2 aliphatic heterocycles. The van der Waals surface area contributed by atoms with E-state index in [4.69, 9.17) is 4.98 Å². The summed E-state index contributed by atoms with van der Waals surface area (Å²) in [5.74, 6) is 1.09. The van der Waals surface area contributed by atoms with Crippen LogP contribution in [-0.2, 0) is 9.59 Å². The first-order chi connectivity index (χ1) is 13.2. The molecule has 7 nitrogen and oxygen atoms in total. The summed E-state index contributed by atoms with van der Waals surface area (Å²) in [5.41, 5.74) is 1.57. The van der Waals surface area contributed by atoms with E-state index in [9.17, 15) is 9.59 Å². The lowest BCUT2D eigenvalue weighted by molar-refractivity contribution is -0.135. The molecule has 4 rings (SSSR count). The van der Waals surface area contributed by atoms with Gasteiger partial charge < -0.3 is 15.1 Å². The highest BCUT2D eigenvalue weighted by Gasteiger charge is 2.32. The van der Waals surface area contributed by atoms with E-state index in [1.807, 2.05) is 31.2 Å². The van der Waals surface area contributed by atoms with E-state index < -0.39 is 6.04 Å². The van der Waals surface area contributed by atoms with Crippen LogP contribution in [-0.4, -0.2) is 52.4 Å². The molecule has 2 saturated heterocycles. The van der Waals surface area contributed by atoms with Crippen molar-refractivity contribution in [3.05, 3.63) is 24.3 Å². The van der Waals surface area contributed by atoms with Crippen LogP contribution in [0.25, 0.3) is 11.0 Å². The number of benzene rings is 1. The van der Waals surface area contributed by atoms with Gasteiger partial charge in [-0.15, -0.1) is 0 Å². The number of rotatable bonds is 5. The van der Waals surface area contributed by atoms with Crippen molar-refractivity contribution >= 4 is 34.5 Å². The van der Waals surface area contributed by atoms with Gasteiger partial charge in [-0.05, 0) is 37.8 Å². The maximum atomic E-state index is 13.0. The summed E-state index contributed by atoms with van der Waals surface area (Å²) >= 11 is 0. The number of carbonyl (C=O) groups excluding carboxylic acids is 2. The number of nitrogens with one attached hydrogen (secondary N) is 1. The molecular weight excluding hydrogens is 342 g/mol. The molecule has 2 amide bonds. The number of anilines is 2. The molecule has 1 aromatic carbocycles. The number of hydrogen-bond donors (Lipinski definition) is 1.